The SMILES string of the molecule is CC(NC(=O)C1CCN(C(=O)c2cccs2)CC1)(c1ccccc1)c1ccccc1. The van der Waals surface area contributed by atoms with Crippen LogP contribution in [0.15, 0.2) is 78.2 Å². The summed E-state index contributed by atoms with van der Waals surface area (Å²) in [5, 5.41) is 5.25. The summed E-state index contributed by atoms with van der Waals surface area (Å²) in [6.45, 7) is 3.29. The maximum atomic E-state index is 13.3. The number of thiophene rings is 1. The molecule has 2 heterocycles. The normalized spacial score (nSPS) is 15.0. The molecule has 1 N–H and O–H groups in total. The van der Waals surface area contributed by atoms with Crippen LogP contribution in [-0.4, -0.2) is 29.8 Å². The molecular weight excluding hydrogens is 392 g/mol. The van der Waals surface area contributed by atoms with Crippen molar-refractivity contribution >= 4 is 23.2 Å². The summed E-state index contributed by atoms with van der Waals surface area (Å²) in [4.78, 5) is 28.5. The monoisotopic (exact) mass is 418 g/mol. The predicted octanol–water partition coefficient (Wildman–Crippen LogP) is 4.68. The van der Waals surface area contributed by atoms with Gasteiger partial charge < -0.3 is 10.2 Å². The van der Waals surface area contributed by atoms with E-state index >= 15 is 0 Å². The first kappa shape index (κ1) is 20.4. The first-order chi connectivity index (χ1) is 14.6. The molecule has 0 bridgehead atoms. The van der Waals surface area contributed by atoms with Crippen molar-refractivity contribution in [2.24, 2.45) is 5.92 Å². The Labute approximate surface area is 181 Å². The molecule has 1 saturated heterocycles. The Bertz CT molecular complexity index is 939. The zero-order valence-electron chi connectivity index (χ0n) is 17.1. The summed E-state index contributed by atoms with van der Waals surface area (Å²) >= 11 is 1.46. The fraction of sp³-hybridized carbons (Fsp3) is 0.280. The van der Waals surface area contributed by atoms with Gasteiger partial charge in [0.25, 0.3) is 5.91 Å². The summed E-state index contributed by atoms with van der Waals surface area (Å²) < 4.78 is 0. The third kappa shape index (κ3) is 4.17. The van der Waals surface area contributed by atoms with Crippen molar-refractivity contribution in [3.05, 3.63) is 94.2 Å². The summed E-state index contributed by atoms with van der Waals surface area (Å²) in [7, 11) is 0. The Morgan fingerprint density at radius 3 is 1.97 bits per heavy atom. The number of carbonyl (C=O) groups excluding carboxylic acids is 2. The fourth-order valence-electron chi connectivity index (χ4n) is 4.10. The van der Waals surface area contributed by atoms with Crippen molar-refractivity contribution in [2.75, 3.05) is 13.1 Å². The number of piperidine rings is 1. The van der Waals surface area contributed by atoms with E-state index in [1.54, 1.807) is 0 Å². The molecule has 4 nitrogen and oxygen atoms in total. The van der Waals surface area contributed by atoms with Crippen LogP contribution < -0.4 is 5.32 Å². The van der Waals surface area contributed by atoms with Crippen molar-refractivity contribution in [2.45, 2.75) is 25.3 Å². The highest BCUT2D eigenvalue weighted by Gasteiger charge is 2.35. The van der Waals surface area contributed by atoms with Crippen LogP contribution in [0.1, 0.15) is 40.6 Å². The minimum Gasteiger partial charge on any atom is -0.343 e. The van der Waals surface area contributed by atoms with E-state index in [4.69, 9.17) is 0 Å². The second-order valence-corrected chi connectivity index (χ2v) is 8.84. The van der Waals surface area contributed by atoms with Gasteiger partial charge in [0.05, 0.1) is 10.4 Å². The first-order valence-electron chi connectivity index (χ1n) is 10.3. The highest BCUT2D eigenvalue weighted by Crippen LogP contribution is 2.30. The van der Waals surface area contributed by atoms with E-state index in [0.717, 1.165) is 16.0 Å². The van der Waals surface area contributed by atoms with Gasteiger partial charge in [0.1, 0.15) is 0 Å². The molecule has 1 aromatic heterocycles. The van der Waals surface area contributed by atoms with E-state index in [-0.39, 0.29) is 17.7 Å². The number of hydrogen-bond donors (Lipinski definition) is 1. The lowest BCUT2D eigenvalue weighted by molar-refractivity contribution is -0.127. The van der Waals surface area contributed by atoms with Crippen LogP contribution in [0.25, 0.3) is 0 Å². The Hall–Kier alpha value is -2.92. The number of nitrogens with zero attached hydrogens (tertiary/aromatic N) is 1. The van der Waals surface area contributed by atoms with Crippen molar-refractivity contribution in [3.8, 4) is 0 Å². The van der Waals surface area contributed by atoms with Gasteiger partial charge in [0.2, 0.25) is 5.91 Å². The minimum absolute atomic E-state index is 0.0495. The van der Waals surface area contributed by atoms with Crippen molar-refractivity contribution in [3.63, 3.8) is 0 Å². The molecule has 0 saturated carbocycles. The topological polar surface area (TPSA) is 49.4 Å². The van der Waals surface area contributed by atoms with Crippen molar-refractivity contribution < 1.29 is 9.59 Å². The van der Waals surface area contributed by atoms with Gasteiger partial charge in [-0.2, -0.15) is 0 Å². The zero-order chi connectivity index (χ0) is 21.0. The van der Waals surface area contributed by atoms with Gasteiger partial charge in [0.15, 0.2) is 0 Å². The Balaban J connectivity index is 1.47. The highest BCUT2D eigenvalue weighted by molar-refractivity contribution is 7.12. The van der Waals surface area contributed by atoms with Gasteiger partial charge in [0, 0.05) is 19.0 Å². The summed E-state index contributed by atoms with van der Waals surface area (Å²) in [6, 6.07) is 23.9. The molecule has 154 valence electrons. The molecule has 3 aromatic rings. The summed E-state index contributed by atoms with van der Waals surface area (Å²) in [6.07, 6.45) is 1.37. The lowest BCUT2D eigenvalue weighted by atomic mass is 9.83. The van der Waals surface area contributed by atoms with Gasteiger partial charge >= 0.3 is 0 Å². The lowest BCUT2D eigenvalue weighted by Gasteiger charge is -2.36. The smallest absolute Gasteiger partial charge is 0.263 e. The Kier molecular flexibility index (Phi) is 6.00. The van der Waals surface area contributed by atoms with Crippen LogP contribution in [0.5, 0.6) is 0 Å². The molecule has 0 unspecified atom stereocenters. The summed E-state index contributed by atoms with van der Waals surface area (Å²) in [5.41, 5.74) is 1.49. The maximum absolute atomic E-state index is 13.3. The Morgan fingerprint density at radius 1 is 0.900 bits per heavy atom. The average molecular weight is 419 g/mol. The third-order valence-corrected chi connectivity index (χ3v) is 6.82. The van der Waals surface area contributed by atoms with Crippen molar-refractivity contribution in [1.29, 1.82) is 0 Å². The van der Waals surface area contributed by atoms with E-state index in [1.807, 2.05) is 58.8 Å². The number of carbonyl (C=O) groups is 2. The summed E-state index contributed by atoms with van der Waals surface area (Å²) in [5.74, 6) is 0.0276. The van der Waals surface area contributed by atoms with Crippen molar-refractivity contribution in [1.82, 2.24) is 10.2 Å². The quantitative estimate of drug-likeness (QED) is 0.654. The van der Waals surface area contributed by atoms with E-state index in [0.29, 0.717) is 25.9 Å². The standard InChI is InChI=1S/C25H26N2O2S/c1-25(20-9-4-2-5-10-20,21-11-6-3-7-12-21)26-23(28)19-14-16-27(17-15-19)24(29)22-13-8-18-30-22/h2-13,18-19H,14-17H2,1H3,(H,26,28). The molecule has 2 aromatic carbocycles. The lowest BCUT2D eigenvalue weighted by Crippen LogP contribution is -2.49. The molecule has 30 heavy (non-hydrogen) atoms. The van der Waals surface area contributed by atoms with Crippen LogP contribution in [0, 0.1) is 5.92 Å². The number of likely N-dealkylation sites (tertiary alicyclic amines) is 1. The van der Waals surface area contributed by atoms with Crippen LogP contribution in [0.4, 0.5) is 0 Å². The van der Waals surface area contributed by atoms with Gasteiger partial charge in [-0.05, 0) is 42.3 Å². The molecule has 0 aliphatic carbocycles. The molecular formula is C25H26N2O2S. The second-order valence-electron chi connectivity index (χ2n) is 7.89. The molecule has 2 amide bonds. The number of benzene rings is 2. The number of rotatable bonds is 5. The largest absolute Gasteiger partial charge is 0.343 e. The van der Waals surface area contributed by atoms with Gasteiger partial charge in [-0.1, -0.05) is 66.7 Å². The van der Waals surface area contributed by atoms with Crippen LogP contribution in [-0.2, 0) is 10.3 Å². The number of amides is 2. The first-order valence-corrected chi connectivity index (χ1v) is 11.2. The van der Waals surface area contributed by atoms with Crippen LogP contribution in [0.2, 0.25) is 0 Å². The fourth-order valence-corrected chi connectivity index (χ4v) is 4.79. The number of hydrogen-bond acceptors (Lipinski definition) is 3. The second kappa shape index (κ2) is 8.84. The minimum atomic E-state index is -0.608. The zero-order valence-corrected chi connectivity index (χ0v) is 17.9. The molecule has 1 aliphatic heterocycles. The average Bonchev–Trinajstić information content (AvgIpc) is 3.35. The molecule has 0 atom stereocenters. The molecule has 0 radical (unpaired) electrons. The predicted molar refractivity (Wildman–Crippen MR) is 120 cm³/mol. The maximum Gasteiger partial charge on any atom is 0.263 e. The molecule has 4 rings (SSSR count). The van der Waals surface area contributed by atoms with Gasteiger partial charge in [-0.3, -0.25) is 9.59 Å². The molecule has 1 aliphatic rings. The molecule has 1 fully saturated rings. The highest BCUT2D eigenvalue weighted by atomic mass is 32.1. The van der Waals surface area contributed by atoms with E-state index in [9.17, 15) is 9.59 Å². The third-order valence-electron chi connectivity index (χ3n) is 5.96. The van der Waals surface area contributed by atoms with E-state index < -0.39 is 5.54 Å². The van der Waals surface area contributed by atoms with Gasteiger partial charge in [-0.25, -0.2) is 0 Å². The van der Waals surface area contributed by atoms with Gasteiger partial charge in [-0.15, -0.1) is 11.3 Å². The van der Waals surface area contributed by atoms with E-state index in [1.165, 1.54) is 11.3 Å². The van der Waals surface area contributed by atoms with Crippen LogP contribution >= 0.6 is 11.3 Å². The Morgan fingerprint density at radius 2 is 1.47 bits per heavy atom. The molecule has 5 heteroatoms. The van der Waals surface area contributed by atoms with Crippen LogP contribution in [0.3, 0.4) is 0 Å². The molecule has 0 spiro atoms. The number of nitrogens with one attached hydrogen (secondary N) is 1. The van der Waals surface area contributed by atoms with E-state index in [2.05, 4.69) is 36.5 Å².